The van der Waals surface area contributed by atoms with E-state index < -0.39 is 0 Å². The number of guanidine groups is 1. The average molecular weight is 337 g/mol. The third kappa shape index (κ3) is 3.71. The molecule has 0 radical (unpaired) electrons. The minimum Gasteiger partial charge on any atom is -0.486 e. The molecule has 5 nitrogen and oxygen atoms in total. The minimum absolute atomic E-state index is 0.00597. The summed E-state index contributed by atoms with van der Waals surface area (Å²) in [4.78, 5) is 4.41. The largest absolute Gasteiger partial charge is 0.486 e. The Morgan fingerprint density at radius 3 is 2.88 bits per heavy atom. The Hall–Kier alpha value is -2.69. The third-order valence-corrected chi connectivity index (χ3v) is 4.67. The first-order valence-corrected chi connectivity index (χ1v) is 8.85. The first-order valence-electron chi connectivity index (χ1n) is 8.85. The maximum absolute atomic E-state index is 6.01. The summed E-state index contributed by atoms with van der Waals surface area (Å²) in [5.74, 6) is 2.04. The molecule has 130 valence electrons. The Kier molecular flexibility index (Phi) is 4.46. The molecule has 2 aromatic rings. The lowest BCUT2D eigenvalue weighted by Gasteiger charge is -2.26. The van der Waals surface area contributed by atoms with Crippen LogP contribution in [0.1, 0.15) is 24.0 Å². The number of hydrogen-bond acceptors (Lipinski definition) is 3. The van der Waals surface area contributed by atoms with Crippen molar-refractivity contribution < 1.29 is 9.47 Å². The summed E-state index contributed by atoms with van der Waals surface area (Å²) in [6, 6.07) is 14.2. The highest BCUT2D eigenvalue weighted by Crippen LogP contribution is 2.31. The van der Waals surface area contributed by atoms with Gasteiger partial charge in [-0.3, -0.25) is 4.99 Å². The summed E-state index contributed by atoms with van der Waals surface area (Å²) in [5.41, 5.74) is 9.89. The monoisotopic (exact) mass is 337 g/mol. The molecule has 1 aliphatic heterocycles. The van der Waals surface area contributed by atoms with Gasteiger partial charge in [-0.1, -0.05) is 18.2 Å². The van der Waals surface area contributed by atoms with Gasteiger partial charge in [0.05, 0.1) is 0 Å². The van der Waals surface area contributed by atoms with Gasteiger partial charge in [-0.05, 0) is 54.7 Å². The summed E-state index contributed by atoms with van der Waals surface area (Å²) in [5, 5.41) is 3.18. The lowest BCUT2D eigenvalue weighted by molar-refractivity contribution is 0.0867. The van der Waals surface area contributed by atoms with Crippen molar-refractivity contribution in [3.63, 3.8) is 0 Å². The fourth-order valence-electron chi connectivity index (χ4n) is 3.37. The highest BCUT2D eigenvalue weighted by atomic mass is 16.6. The summed E-state index contributed by atoms with van der Waals surface area (Å²) in [6.45, 7) is 1.14. The van der Waals surface area contributed by atoms with E-state index in [0.29, 0.717) is 19.1 Å². The van der Waals surface area contributed by atoms with E-state index in [1.807, 2.05) is 24.3 Å². The molecular formula is C20H23N3O2. The number of anilines is 1. The van der Waals surface area contributed by atoms with Crippen LogP contribution in [0.25, 0.3) is 0 Å². The maximum atomic E-state index is 6.01. The molecule has 0 saturated heterocycles. The third-order valence-electron chi connectivity index (χ3n) is 4.67. The van der Waals surface area contributed by atoms with Crippen LogP contribution in [0.15, 0.2) is 47.5 Å². The predicted molar refractivity (Wildman–Crippen MR) is 99.5 cm³/mol. The quantitative estimate of drug-likeness (QED) is 0.664. The number of aliphatic imine (C=N–C) groups is 1. The van der Waals surface area contributed by atoms with Crippen molar-refractivity contribution in [1.82, 2.24) is 0 Å². The molecule has 0 bridgehead atoms. The molecule has 0 saturated carbocycles. The normalized spacial score (nSPS) is 18.7. The van der Waals surface area contributed by atoms with Crippen LogP contribution in [0.4, 0.5) is 5.69 Å². The molecule has 1 unspecified atom stereocenters. The molecule has 2 aromatic carbocycles. The van der Waals surface area contributed by atoms with Gasteiger partial charge in [-0.25, -0.2) is 0 Å². The zero-order valence-corrected chi connectivity index (χ0v) is 14.2. The standard InChI is InChI=1S/C20H23N3O2/c21-20(23-16-9-8-14-4-3-5-15(14)12-16)22-11-10-17-13-24-18-6-1-2-7-19(18)25-17/h1-2,6-9,12,17H,3-5,10-11,13H2,(H3,21,22,23). The van der Waals surface area contributed by atoms with E-state index in [1.165, 1.54) is 24.0 Å². The number of para-hydroxylation sites is 2. The van der Waals surface area contributed by atoms with Crippen molar-refractivity contribution in [3.05, 3.63) is 53.6 Å². The van der Waals surface area contributed by atoms with Gasteiger partial charge in [-0.2, -0.15) is 0 Å². The van der Waals surface area contributed by atoms with Gasteiger partial charge in [0, 0.05) is 18.7 Å². The molecule has 1 atom stereocenters. The van der Waals surface area contributed by atoms with Crippen LogP contribution >= 0.6 is 0 Å². The number of ether oxygens (including phenoxy) is 2. The lowest BCUT2D eigenvalue weighted by Crippen LogP contribution is -2.30. The van der Waals surface area contributed by atoms with Crippen molar-refractivity contribution in [2.24, 2.45) is 10.7 Å². The van der Waals surface area contributed by atoms with Gasteiger partial charge in [-0.15, -0.1) is 0 Å². The Morgan fingerprint density at radius 2 is 1.96 bits per heavy atom. The number of fused-ring (bicyclic) bond motifs is 2. The maximum Gasteiger partial charge on any atom is 0.193 e. The van der Waals surface area contributed by atoms with E-state index in [1.54, 1.807) is 0 Å². The van der Waals surface area contributed by atoms with Gasteiger partial charge in [0.15, 0.2) is 17.5 Å². The zero-order valence-electron chi connectivity index (χ0n) is 14.2. The van der Waals surface area contributed by atoms with Crippen LogP contribution in [0.2, 0.25) is 0 Å². The number of hydrogen-bond donors (Lipinski definition) is 2. The molecule has 1 aliphatic carbocycles. The number of nitrogens with zero attached hydrogens (tertiary/aromatic N) is 1. The molecule has 5 heteroatoms. The minimum atomic E-state index is 0.00597. The highest BCUT2D eigenvalue weighted by molar-refractivity contribution is 5.92. The molecule has 0 aromatic heterocycles. The first kappa shape index (κ1) is 15.8. The van der Waals surface area contributed by atoms with E-state index in [0.717, 1.165) is 30.0 Å². The number of aryl methyl sites for hydroxylation is 2. The Bertz CT molecular complexity index is 788. The summed E-state index contributed by atoms with van der Waals surface area (Å²) in [7, 11) is 0. The van der Waals surface area contributed by atoms with Crippen molar-refractivity contribution in [2.45, 2.75) is 31.8 Å². The molecular weight excluding hydrogens is 314 g/mol. The topological polar surface area (TPSA) is 68.9 Å². The van der Waals surface area contributed by atoms with E-state index in [-0.39, 0.29) is 6.10 Å². The molecule has 1 heterocycles. The second-order valence-corrected chi connectivity index (χ2v) is 6.52. The Morgan fingerprint density at radius 1 is 1.12 bits per heavy atom. The number of nitrogens with one attached hydrogen (secondary N) is 1. The smallest absolute Gasteiger partial charge is 0.193 e. The fraction of sp³-hybridized carbons (Fsp3) is 0.350. The van der Waals surface area contributed by atoms with Gasteiger partial charge >= 0.3 is 0 Å². The van der Waals surface area contributed by atoms with E-state index in [9.17, 15) is 0 Å². The molecule has 0 amide bonds. The Balaban J connectivity index is 1.29. The number of nitrogens with two attached hydrogens (primary N) is 1. The van der Waals surface area contributed by atoms with E-state index in [4.69, 9.17) is 15.2 Å². The van der Waals surface area contributed by atoms with Crippen molar-refractivity contribution in [3.8, 4) is 11.5 Å². The van der Waals surface area contributed by atoms with Crippen LogP contribution in [-0.4, -0.2) is 25.2 Å². The Labute approximate surface area is 147 Å². The fourth-order valence-corrected chi connectivity index (χ4v) is 3.37. The molecule has 4 rings (SSSR count). The van der Waals surface area contributed by atoms with Crippen LogP contribution in [-0.2, 0) is 12.8 Å². The van der Waals surface area contributed by atoms with Gasteiger partial charge in [0.1, 0.15) is 12.7 Å². The summed E-state index contributed by atoms with van der Waals surface area (Å²) in [6.07, 6.45) is 4.36. The average Bonchev–Trinajstić information content (AvgIpc) is 3.09. The molecule has 2 aliphatic rings. The lowest BCUT2D eigenvalue weighted by atomic mass is 10.1. The highest BCUT2D eigenvalue weighted by Gasteiger charge is 2.20. The predicted octanol–water partition coefficient (Wildman–Crippen LogP) is 3.13. The van der Waals surface area contributed by atoms with Crippen molar-refractivity contribution in [2.75, 3.05) is 18.5 Å². The first-order chi connectivity index (χ1) is 12.3. The summed E-state index contributed by atoms with van der Waals surface area (Å²) >= 11 is 0. The number of benzene rings is 2. The SMILES string of the molecule is NC(=NCCC1COc2ccccc2O1)Nc1ccc2c(c1)CCC2. The van der Waals surface area contributed by atoms with Crippen molar-refractivity contribution in [1.29, 1.82) is 0 Å². The van der Waals surface area contributed by atoms with Gasteiger partial charge < -0.3 is 20.5 Å². The summed E-state index contributed by atoms with van der Waals surface area (Å²) < 4.78 is 11.6. The number of rotatable bonds is 4. The van der Waals surface area contributed by atoms with Gasteiger partial charge in [0.25, 0.3) is 0 Å². The second kappa shape index (κ2) is 7.05. The second-order valence-electron chi connectivity index (χ2n) is 6.52. The molecule has 0 spiro atoms. The van der Waals surface area contributed by atoms with Crippen LogP contribution in [0.5, 0.6) is 11.5 Å². The zero-order chi connectivity index (χ0) is 17.1. The van der Waals surface area contributed by atoms with Crippen LogP contribution in [0.3, 0.4) is 0 Å². The molecule has 25 heavy (non-hydrogen) atoms. The van der Waals surface area contributed by atoms with Crippen LogP contribution < -0.4 is 20.5 Å². The van der Waals surface area contributed by atoms with E-state index in [2.05, 4.69) is 28.5 Å². The molecule has 3 N–H and O–H groups in total. The van der Waals surface area contributed by atoms with Crippen LogP contribution in [0, 0.1) is 0 Å². The van der Waals surface area contributed by atoms with Crippen molar-refractivity contribution >= 4 is 11.6 Å². The van der Waals surface area contributed by atoms with Gasteiger partial charge in [0.2, 0.25) is 0 Å². The van der Waals surface area contributed by atoms with E-state index >= 15 is 0 Å². The molecule has 0 fully saturated rings.